The Kier molecular flexibility index (Phi) is 2.82. The van der Waals surface area contributed by atoms with Crippen molar-refractivity contribution in [3.05, 3.63) is 34.9 Å². The first-order valence-corrected chi connectivity index (χ1v) is 3.55. The Morgan fingerprint density at radius 3 is 2.67 bits per heavy atom. The van der Waals surface area contributed by atoms with Crippen molar-refractivity contribution >= 4 is 23.9 Å². The van der Waals surface area contributed by atoms with Gasteiger partial charge >= 0.3 is 6.41 Å². The zero-order valence-corrected chi connectivity index (χ0v) is 6.76. The predicted molar refractivity (Wildman–Crippen MR) is 44.6 cm³/mol. The van der Waals surface area contributed by atoms with Crippen LogP contribution in [-0.4, -0.2) is 12.3 Å². The summed E-state index contributed by atoms with van der Waals surface area (Å²) in [6.07, 6.45) is 1.28. The highest BCUT2D eigenvalue weighted by Crippen LogP contribution is 2.13. The summed E-state index contributed by atoms with van der Waals surface area (Å²) in [5, 5.41) is 2.18. The number of halogens is 1. The minimum absolute atomic E-state index is 0.266. The van der Waals surface area contributed by atoms with E-state index in [9.17, 15) is 9.59 Å². The average Bonchev–Trinajstić information content (AvgIpc) is 2.05. The van der Waals surface area contributed by atoms with Crippen molar-refractivity contribution in [1.29, 1.82) is 0 Å². The zero-order valence-electron chi connectivity index (χ0n) is 6.00. The Hall–Kier alpha value is -1.35. The maximum atomic E-state index is 11.0. The second kappa shape index (κ2) is 3.88. The van der Waals surface area contributed by atoms with Gasteiger partial charge in [-0.1, -0.05) is 23.7 Å². The van der Waals surface area contributed by atoms with Crippen LogP contribution in [0.5, 0.6) is 0 Å². The maximum Gasteiger partial charge on any atom is 0.316 e. The molecule has 1 N–H and O–H groups in total. The van der Waals surface area contributed by atoms with Crippen LogP contribution < -0.4 is 5.32 Å². The Morgan fingerprint density at radius 1 is 1.42 bits per heavy atom. The van der Waals surface area contributed by atoms with Crippen molar-refractivity contribution in [2.45, 2.75) is 0 Å². The first kappa shape index (κ1) is 8.74. The van der Waals surface area contributed by atoms with Gasteiger partial charge < -0.3 is 0 Å². The van der Waals surface area contributed by atoms with E-state index in [0.717, 1.165) is 0 Å². The minimum atomic E-state index is -0.546. The Labute approximate surface area is 74.3 Å². The van der Waals surface area contributed by atoms with Crippen LogP contribution in [0.15, 0.2) is 24.3 Å². The smallest absolute Gasteiger partial charge is 0.284 e. The minimum Gasteiger partial charge on any atom is -0.284 e. The molecule has 0 bridgehead atoms. The first-order chi connectivity index (χ1) is 5.75. The van der Waals surface area contributed by atoms with Crippen molar-refractivity contribution in [1.82, 2.24) is 5.32 Å². The highest BCUT2D eigenvalue weighted by Gasteiger charge is 2.07. The maximum absolute atomic E-state index is 11.0. The van der Waals surface area contributed by atoms with Gasteiger partial charge in [-0.2, -0.15) is 0 Å². The second-order valence-corrected chi connectivity index (χ2v) is 2.44. The summed E-state index contributed by atoms with van der Waals surface area (Å²) in [7, 11) is 0. The van der Waals surface area contributed by atoms with E-state index in [1.807, 2.05) is 5.32 Å². The fraction of sp³-hybridized carbons (Fsp3) is 0. The Bertz CT molecular complexity index is 312. The molecule has 0 aliphatic heterocycles. The molecule has 0 aliphatic rings. The number of amides is 2. The molecular weight excluding hydrogens is 178 g/mol. The molecule has 1 radical (unpaired) electrons. The lowest BCUT2D eigenvalue weighted by molar-refractivity contribution is 0.0976. The van der Waals surface area contributed by atoms with Gasteiger partial charge in [0.2, 0.25) is 0 Å². The fourth-order valence-corrected chi connectivity index (χ4v) is 0.981. The molecule has 0 aromatic heterocycles. The molecule has 61 valence electrons. The van der Waals surface area contributed by atoms with Crippen LogP contribution in [0, 0.1) is 0 Å². The molecule has 0 saturated carbocycles. The van der Waals surface area contributed by atoms with Gasteiger partial charge in [0.25, 0.3) is 5.91 Å². The van der Waals surface area contributed by atoms with Gasteiger partial charge in [-0.05, 0) is 12.1 Å². The molecule has 0 spiro atoms. The number of imide groups is 1. The standard InChI is InChI=1S/C8H5ClNO2/c9-7-4-2-1-3-6(7)8(12)10-5-11/h1-4H,(H,10,11,12). The van der Waals surface area contributed by atoms with Crippen molar-refractivity contribution in [3.8, 4) is 0 Å². The molecule has 0 saturated heterocycles. The van der Waals surface area contributed by atoms with Crippen LogP contribution in [0.3, 0.4) is 0 Å². The van der Waals surface area contributed by atoms with Gasteiger partial charge in [0.1, 0.15) is 0 Å². The van der Waals surface area contributed by atoms with Gasteiger partial charge in [-0.25, -0.2) is 0 Å². The van der Waals surface area contributed by atoms with Crippen LogP contribution in [0.4, 0.5) is 0 Å². The normalized spacial score (nSPS) is 9.08. The van der Waals surface area contributed by atoms with E-state index in [4.69, 9.17) is 11.6 Å². The summed E-state index contributed by atoms with van der Waals surface area (Å²) in [6, 6.07) is 6.45. The van der Waals surface area contributed by atoms with Crippen molar-refractivity contribution in [2.75, 3.05) is 0 Å². The van der Waals surface area contributed by atoms with Gasteiger partial charge in [-0.3, -0.25) is 14.9 Å². The number of hydrogen-bond acceptors (Lipinski definition) is 2. The third-order valence-electron chi connectivity index (χ3n) is 1.28. The van der Waals surface area contributed by atoms with Gasteiger partial charge in [0, 0.05) is 0 Å². The SMILES string of the molecule is O=[C]NC(=O)c1ccccc1Cl. The van der Waals surface area contributed by atoms with Gasteiger partial charge in [0.05, 0.1) is 10.6 Å². The van der Waals surface area contributed by atoms with E-state index in [2.05, 4.69) is 0 Å². The zero-order chi connectivity index (χ0) is 8.97. The number of benzene rings is 1. The van der Waals surface area contributed by atoms with E-state index in [0.29, 0.717) is 5.02 Å². The predicted octanol–water partition coefficient (Wildman–Crippen LogP) is 1.14. The molecule has 3 nitrogen and oxygen atoms in total. The van der Waals surface area contributed by atoms with Crippen LogP contribution in [-0.2, 0) is 4.79 Å². The molecule has 1 rings (SSSR count). The second-order valence-electron chi connectivity index (χ2n) is 2.04. The quantitative estimate of drug-likeness (QED) is 0.698. The molecule has 0 atom stereocenters. The average molecular weight is 183 g/mol. The first-order valence-electron chi connectivity index (χ1n) is 3.17. The highest BCUT2D eigenvalue weighted by molar-refractivity contribution is 6.34. The fourth-order valence-electron chi connectivity index (χ4n) is 0.759. The number of carbonyl (C=O) groups is 1. The molecule has 0 aliphatic carbocycles. The number of hydrogen-bond donors (Lipinski definition) is 1. The van der Waals surface area contributed by atoms with Crippen molar-refractivity contribution in [3.63, 3.8) is 0 Å². The van der Waals surface area contributed by atoms with Gasteiger partial charge in [0.15, 0.2) is 0 Å². The lowest BCUT2D eigenvalue weighted by Crippen LogP contribution is -2.21. The molecule has 0 fully saturated rings. The molecule has 12 heavy (non-hydrogen) atoms. The summed E-state index contributed by atoms with van der Waals surface area (Å²) in [4.78, 5) is 20.8. The van der Waals surface area contributed by atoms with Crippen LogP contribution >= 0.6 is 11.6 Å². The van der Waals surface area contributed by atoms with E-state index < -0.39 is 5.91 Å². The van der Waals surface area contributed by atoms with Crippen LogP contribution in [0.25, 0.3) is 0 Å². The lowest BCUT2D eigenvalue weighted by atomic mass is 10.2. The third kappa shape index (κ3) is 1.83. The van der Waals surface area contributed by atoms with Crippen LogP contribution in [0.1, 0.15) is 10.4 Å². The summed E-state index contributed by atoms with van der Waals surface area (Å²) in [5.41, 5.74) is 0.266. The molecule has 2 amide bonds. The Balaban J connectivity index is 2.94. The molecular formula is C8H5ClNO2. The summed E-state index contributed by atoms with van der Waals surface area (Å²) in [6.45, 7) is 0. The van der Waals surface area contributed by atoms with Crippen molar-refractivity contribution < 1.29 is 9.59 Å². The largest absolute Gasteiger partial charge is 0.316 e. The molecule has 1 aromatic rings. The van der Waals surface area contributed by atoms with Crippen LogP contribution in [0.2, 0.25) is 5.02 Å². The van der Waals surface area contributed by atoms with Crippen molar-refractivity contribution in [2.24, 2.45) is 0 Å². The highest BCUT2D eigenvalue weighted by atomic mass is 35.5. The van der Waals surface area contributed by atoms with E-state index in [-0.39, 0.29) is 5.56 Å². The molecule has 0 unspecified atom stereocenters. The summed E-state index contributed by atoms with van der Waals surface area (Å²) < 4.78 is 0. The summed E-state index contributed by atoms with van der Waals surface area (Å²) >= 11 is 5.66. The molecule has 0 heterocycles. The number of nitrogens with one attached hydrogen (secondary N) is 1. The molecule has 4 heteroatoms. The van der Waals surface area contributed by atoms with E-state index >= 15 is 0 Å². The lowest BCUT2D eigenvalue weighted by Gasteiger charge is -1.98. The monoisotopic (exact) mass is 182 g/mol. The Morgan fingerprint density at radius 2 is 2.08 bits per heavy atom. The molecule has 1 aromatic carbocycles. The summed E-state index contributed by atoms with van der Waals surface area (Å²) in [5.74, 6) is -0.546. The van der Waals surface area contributed by atoms with E-state index in [1.54, 1.807) is 18.2 Å². The number of rotatable bonds is 2. The topological polar surface area (TPSA) is 46.2 Å². The van der Waals surface area contributed by atoms with Gasteiger partial charge in [-0.15, -0.1) is 0 Å². The van der Waals surface area contributed by atoms with E-state index in [1.165, 1.54) is 12.5 Å². The third-order valence-corrected chi connectivity index (χ3v) is 1.61. The number of carbonyl (C=O) groups excluding carboxylic acids is 2.